The van der Waals surface area contributed by atoms with Crippen molar-refractivity contribution in [3.63, 3.8) is 0 Å². The lowest BCUT2D eigenvalue weighted by atomic mass is 9.72. The van der Waals surface area contributed by atoms with Gasteiger partial charge in [0.15, 0.2) is 0 Å². The highest BCUT2D eigenvalue weighted by atomic mass is 16.3. The normalized spacial score (nSPS) is 26.2. The van der Waals surface area contributed by atoms with Gasteiger partial charge < -0.3 is 10.8 Å². The van der Waals surface area contributed by atoms with Crippen LogP contribution in [0.25, 0.3) is 0 Å². The molecule has 0 spiro atoms. The van der Waals surface area contributed by atoms with Crippen LogP contribution in [-0.4, -0.2) is 63.9 Å². The Labute approximate surface area is 205 Å². The van der Waals surface area contributed by atoms with Crippen molar-refractivity contribution in [3.8, 4) is 0 Å². The van der Waals surface area contributed by atoms with Gasteiger partial charge in [0.25, 0.3) is 11.8 Å². The van der Waals surface area contributed by atoms with Gasteiger partial charge in [-0.05, 0) is 48.8 Å². The number of piperidine rings is 1. The van der Waals surface area contributed by atoms with Gasteiger partial charge in [0.05, 0.1) is 29.3 Å². The summed E-state index contributed by atoms with van der Waals surface area (Å²) in [6, 6.07) is 15.1. The SMILES string of the molecule is NC(=O)[C@@H]1C[C@@H]2CCCC[C@@H]2CN1C[C@@H](O)[C@H](Cc1ccccc1)N1C(=O)c2ccccc2C1=O. The smallest absolute Gasteiger partial charge is 0.261 e. The second kappa shape index (κ2) is 9.91. The number of imide groups is 1. The van der Waals surface area contributed by atoms with Crippen molar-refractivity contribution in [2.45, 2.75) is 56.7 Å². The molecule has 2 heterocycles. The number of carbonyl (C=O) groups excluding carboxylic acids is 3. The van der Waals surface area contributed by atoms with Gasteiger partial charge in [-0.15, -0.1) is 0 Å². The predicted octanol–water partition coefficient (Wildman–Crippen LogP) is 2.62. The summed E-state index contributed by atoms with van der Waals surface area (Å²) in [5, 5.41) is 11.6. The molecule has 0 unspecified atom stereocenters. The van der Waals surface area contributed by atoms with E-state index in [1.807, 2.05) is 35.2 Å². The van der Waals surface area contributed by atoms with Crippen LogP contribution in [0.5, 0.6) is 0 Å². The lowest BCUT2D eigenvalue weighted by molar-refractivity contribution is -0.128. The number of likely N-dealkylation sites (tertiary alicyclic amines) is 1. The molecule has 0 radical (unpaired) electrons. The number of β-amino-alcohol motifs (C(OH)–C–C–N with tert-alkyl or cyclic N) is 1. The number of amides is 3. The molecule has 2 aromatic carbocycles. The maximum Gasteiger partial charge on any atom is 0.261 e. The Bertz CT molecular complexity index is 1070. The maximum absolute atomic E-state index is 13.3. The largest absolute Gasteiger partial charge is 0.390 e. The number of primary amides is 1. The first-order chi connectivity index (χ1) is 16.9. The molecular weight excluding hydrogens is 442 g/mol. The molecule has 0 bridgehead atoms. The average molecular weight is 476 g/mol. The molecule has 1 saturated heterocycles. The summed E-state index contributed by atoms with van der Waals surface area (Å²) in [5.41, 5.74) is 7.44. The molecule has 5 rings (SSSR count). The van der Waals surface area contributed by atoms with Crippen molar-refractivity contribution in [2.24, 2.45) is 17.6 Å². The number of rotatable bonds is 7. The van der Waals surface area contributed by atoms with Crippen molar-refractivity contribution < 1.29 is 19.5 Å². The number of aliphatic hydroxyl groups is 1. The number of benzene rings is 2. The molecule has 35 heavy (non-hydrogen) atoms. The second-order valence-corrected chi connectivity index (χ2v) is 10.3. The summed E-state index contributed by atoms with van der Waals surface area (Å²) >= 11 is 0. The number of hydrogen-bond donors (Lipinski definition) is 2. The number of aliphatic hydroxyl groups excluding tert-OH is 1. The molecule has 5 atom stereocenters. The molecule has 7 heteroatoms. The zero-order chi connectivity index (χ0) is 24.5. The van der Waals surface area contributed by atoms with E-state index >= 15 is 0 Å². The Hall–Kier alpha value is -3.03. The number of nitrogens with zero attached hydrogens (tertiary/aromatic N) is 2. The van der Waals surface area contributed by atoms with Crippen molar-refractivity contribution in [3.05, 3.63) is 71.3 Å². The number of fused-ring (bicyclic) bond motifs is 2. The van der Waals surface area contributed by atoms with Crippen LogP contribution >= 0.6 is 0 Å². The highest BCUT2D eigenvalue weighted by molar-refractivity contribution is 6.21. The third-order valence-electron chi connectivity index (χ3n) is 8.14. The third kappa shape index (κ3) is 4.62. The van der Waals surface area contributed by atoms with Gasteiger partial charge in [-0.3, -0.25) is 24.2 Å². The van der Waals surface area contributed by atoms with E-state index in [0.717, 1.165) is 18.4 Å². The summed E-state index contributed by atoms with van der Waals surface area (Å²) < 4.78 is 0. The first-order valence-corrected chi connectivity index (χ1v) is 12.7. The van der Waals surface area contributed by atoms with Gasteiger partial charge in [-0.2, -0.15) is 0 Å². The maximum atomic E-state index is 13.3. The molecule has 1 aliphatic carbocycles. The first-order valence-electron chi connectivity index (χ1n) is 12.7. The van der Waals surface area contributed by atoms with Gasteiger partial charge in [-0.25, -0.2) is 0 Å². The van der Waals surface area contributed by atoms with Crippen LogP contribution in [0, 0.1) is 11.8 Å². The van der Waals surface area contributed by atoms with E-state index in [0.29, 0.717) is 42.3 Å². The number of carbonyl (C=O) groups is 3. The van der Waals surface area contributed by atoms with E-state index in [1.165, 1.54) is 17.7 Å². The van der Waals surface area contributed by atoms with Crippen molar-refractivity contribution >= 4 is 17.7 Å². The van der Waals surface area contributed by atoms with Gasteiger partial charge in [0.1, 0.15) is 0 Å². The van der Waals surface area contributed by atoms with Gasteiger partial charge in [0.2, 0.25) is 5.91 Å². The van der Waals surface area contributed by atoms with E-state index < -0.39 is 18.2 Å². The monoisotopic (exact) mass is 475 g/mol. The standard InChI is InChI=1S/C28H33N3O4/c29-26(33)24-15-19-10-4-5-11-20(19)16-30(24)17-25(32)23(14-18-8-2-1-3-9-18)31-27(34)21-12-6-7-13-22(21)28(31)35/h1-3,6-9,12-13,19-20,23-25,32H,4-5,10-11,14-17H2,(H2,29,33)/t19-,20+,23-,24-,25+/m0/s1. The lowest BCUT2D eigenvalue weighted by Gasteiger charge is -2.46. The predicted molar refractivity (Wildman–Crippen MR) is 132 cm³/mol. The Morgan fingerprint density at radius 3 is 2.17 bits per heavy atom. The fraction of sp³-hybridized carbons (Fsp3) is 0.464. The summed E-state index contributed by atoms with van der Waals surface area (Å²) in [6.45, 7) is 0.886. The van der Waals surface area contributed by atoms with Crippen LogP contribution in [0.15, 0.2) is 54.6 Å². The molecule has 3 N–H and O–H groups in total. The van der Waals surface area contributed by atoms with Gasteiger partial charge in [0, 0.05) is 13.1 Å². The second-order valence-electron chi connectivity index (χ2n) is 10.3. The van der Waals surface area contributed by atoms with Crippen molar-refractivity contribution in [1.29, 1.82) is 0 Å². The van der Waals surface area contributed by atoms with E-state index in [1.54, 1.807) is 24.3 Å². The zero-order valence-corrected chi connectivity index (χ0v) is 19.9. The quantitative estimate of drug-likeness (QED) is 0.599. The van der Waals surface area contributed by atoms with E-state index in [2.05, 4.69) is 0 Å². The van der Waals surface area contributed by atoms with Crippen LogP contribution in [0.4, 0.5) is 0 Å². The first kappa shape index (κ1) is 23.7. The van der Waals surface area contributed by atoms with Gasteiger partial charge >= 0.3 is 0 Å². The molecule has 2 fully saturated rings. The summed E-state index contributed by atoms with van der Waals surface area (Å²) in [6.07, 6.45) is 4.63. The Morgan fingerprint density at radius 2 is 1.54 bits per heavy atom. The zero-order valence-electron chi connectivity index (χ0n) is 19.9. The molecule has 2 aliphatic heterocycles. The van der Waals surface area contributed by atoms with Crippen molar-refractivity contribution in [1.82, 2.24) is 9.80 Å². The van der Waals surface area contributed by atoms with E-state index in [9.17, 15) is 19.5 Å². The third-order valence-corrected chi connectivity index (χ3v) is 8.14. The minimum atomic E-state index is -1.03. The topological polar surface area (TPSA) is 104 Å². The molecule has 3 aliphatic rings. The van der Waals surface area contributed by atoms with Crippen LogP contribution in [-0.2, 0) is 11.2 Å². The number of hydrogen-bond acceptors (Lipinski definition) is 5. The fourth-order valence-electron chi connectivity index (χ4n) is 6.32. The fourth-order valence-corrected chi connectivity index (χ4v) is 6.32. The Morgan fingerprint density at radius 1 is 0.943 bits per heavy atom. The molecule has 3 amide bonds. The molecule has 0 aromatic heterocycles. The van der Waals surface area contributed by atoms with Crippen LogP contribution in [0.1, 0.15) is 58.4 Å². The average Bonchev–Trinajstić information content (AvgIpc) is 3.12. The molecule has 1 saturated carbocycles. The van der Waals surface area contributed by atoms with E-state index in [4.69, 9.17) is 5.73 Å². The van der Waals surface area contributed by atoms with Crippen LogP contribution in [0.2, 0.25) is 0 Å². The summed E-state index contributed by atoms with van der Waals surface area (Å²) in [5.74, 6) is -0.169. The van der Waals surface area contributed by atoms with Gasteiger partial charge in [-0.1, -0.05) is 61.7 Å². The molecular formula is C28H33N3O4. The minimum Gasteiger partial charge on any atom is -0.390 e. The van der Waals surface area contributed by atoms with Crippen LogP contribution < -0.4 is 5.73 Å². The summed E-state index contributed by atoms with van der Waals surface area (Å²) in [7, 11) is 0. The van der Waals surface area contributed by atoms with Crippen LogP contribution in [0.3, 0.4) is 0 Å². The minimum absolute atomic E-state index is 0.182. The van der Waals surface area contributed by atoms with E-state index in [-0.39, 0.29) is 24.3 Å². The summed E-state index contributed by atoms with van der Waals surface area (Å²) in [4.78, 5) is 42.2. The lowest BCUT2D eigenvalue weighted by Crippen LogP contribution is -2.58. The molecule has 2 aromatic rings. The molecule has 7 nitrogen and oxygen atoms in total. The highest BCUT2D eigenvalue weighted by Crippen LogP contribution is 2.39. The number of nitrogens with two attached hydrogens (primary N) is 1. The highest BCUT2D eigenvalue weighted by Gasteiger charge is 2.45. The molecule has 184 valence electrons. The van der Waals surface area contributed by atoms with Crippen molar-refractivity contribution in [2.75, 3.05) is 13.1 Å². The Kier molecular flexibility index (Phi) is 6.71. The Balaban J connectivity index is 1.42.